The van der Waals surface area contributed by atoms with Crippen molar-refractivity contribution < 1.29 is 9.59 Å². The van der Waals surface area contributed by atoms with E-state index in [2.05, 4.69) is 5.32 Å². The van der Waals surface area contributed by atoms with E-state index in [1.165, 1.54) is 4.90 Å². The van der Waals surface area contributed by atoms with Crippen LogP contribution in [0.2, 0.25) is 5.02 Å². The first kappa shape index (κ1) is 19.7. The Morgan fingerprint density at radius 2 is 1.53 bits per heavy atom. The first-order chi connectivity index (χ1) is 14.5. The summed E-state index contributed by atoms with van der Waals surface area (Å²) < 4.78 is 0. The molecule has 0 radical (unpaired) electrons. The molecule has 0 atom stereocenters. The van der Waals surface area contributed by atoms with Gasteiger partial charge in [-0.25, -0.2) is 4.79 Å². The predicted molar refractivity (Wildman–Crippen MR) is 123 cm³/mol. The molecule has 0 aromatic heterocycles. The van der Waals surface area contributed by atoms with Crippen LogP contribution in [0.3, 0.4) is 0 Å². The lowest BCUT2D eigenvalue weighted by atomic mass is 10.0. The summed E-state index contributed by atoms with van der Waals surface area (Å²) in [5, 5.41) is 5.35. The average Bonchev–Trinajstić information content (AvgIpc) is 2.79. The zero-order valence-electron chi connectivity index (χ0n) is 16.3. The zero-order valence-corrected chi connectivity index (χ0v) is 17.1. The van der Waals surface area contributed by atoms with E-state index in [1.54, 1.807) is 49.5 Å². The van der Waals surface area contributed by atoms with Gasteiger partial charge in [-0.2, -0.15) is 0 Å². The lowest BCUT2D eigenvalue weighted by molar-refractivity contribution is 0.103. The summed E-state index contributed by atoms with van der Waals surface area (Å²) in [6.07, 6.45) is 0. The predicted octanol–water partition coefficient (Wildman–Crippen LogP) is 6.39. The van der Waals surface area contributed by atoms with E-state index in [-0.39, 0.29) is 11.8 Å². The Kier molecular flexibility index (Phi) is 5.50. The first-order valence-electron chi connectivity index (χ1n) is 9.46. The van der Waals surface area contributed by atoms with Crippen LogP contribution < -0.4 is 10.2 Å². The number of anilines is 2. The van der Waals surface area contributed by atoms with Gasteiger partial charge in [-0.05, 0) is 29.7 Å². The molecular formula is C25H19ClN2O2. The molecule has 4 aromatic rings. The molecule has 0 saturated heterocycles. The highest BCUT2D eigenvalue weighted by Crippen LogP contribution is 2.28. The van der Waals surface area contributed by atoms with Crippen LogP contribution in [-0.4, -0.2) is 18.9 Å². The number of ketones is 1. The molecule has 0 aliphatic carbocycles. The number of rotatable bonds is 4. The van der Waals surface area contributed by atoms with Crippen LogP contribution in [0.25, 0.3) is 10.8 Å². The van der Waals surface area contributed by atoms with E-state index in [4.69, 9.17) is 11.6 Å². The second-order valence-electron chi connectivity index (χ2n) is 6.87. The standard InChI is InChI=1S/C25H19ClN2O2/c1-28(25(30)27-22-13-7-11-17-8-5-6-12-20(17)22)23-15-14-19(26)16-21(23)24(29)18-9-3-2-4-10-18/h2-16H,1H3,(H,27,30). The SMILES string of the molecule is CN(C(=O)Nc1cccc2ccccc12)c1ccc(Cl)cc1C(=O)c1ccccc1. The van der Waals surface area contributed by atoms with Crippen molar-refractivity contribution >= 4 is 45.6 Å². The van der Waals surface area contributed by atoms with Gasteiger partial charge >= 0.3 is 6.03 Å². The third-order valence-electron chi connectivity index (χ3n) is 4.94. The van der Waals surface area contributed by atoms with Gasteiger partial charge in [0, 0.05) is 28.6 Å². The summed E-state index contributed by atoms with van der Waals surface area (Å²) in [4.78, 5) is 27.5. The van der Waals surface area contributed by atoms with Crippen LogP contribution >= 0.6 is 11.6 Å². The molecule has 0 fully saturated rings. The molecule has 0 heterocycles. The van der Waals surface area contributed by atoms with Gasteiger partial charge in [0.2, 0.25) is 0 Å². The third kappa shape index (κ3) is 3.91. The number of halogens is 1. The van der Waals surface area contributed by atoms with Crippen LogP contribution in [0.1, 0.15) is 15.9 Å². The van der Waals surface area contributed by atoms with Gasteiger partial charge in [0.05, 0.1) is 11.4 Å². The van der Waals surface area contributed by atoms with Gasteiger partial charge in [-0.3, -0.25) is 9.69 Å². The minimum atomic E-state index is -0.351. The first-order valence-corrected chi connectivity index (χ1v) is 9.84. The second kappa shape index (κ2) is 8.39. The molecule has 2 amide bonds. The Balaban J connectivity index is 1.67. The number of nitrogens with zero attached hydrogens (tertiary/aromatic N) is 1. The number of amides is 2. The quantitative estimate of drug-likeness (QED) is 0.393. The Bertz CT molecular complexity index is 1230. The topological polar surface area (TPSA) is 49.4 Å². The van der Waals surface area contributed by atoms with Crippen molar-refractivity contribution in [3.63, 3.8) is 0 Å². The van der Waals surface area contributed by atoms with Crippen LogP contribution in [0.5, 0.6) is 0 Å². The fourth-order valence-corrected chi connectivity index (χ4v) is 3.54. The Morgan fingerprint density at radius 3 is 2.33 bits per heavy atom. The average molecular weight is 415 g/mol. The Hall–Kier alpha value is -3.63. The molecule has 148 valence electrons. The molecule has 0 bridgehead atoms. The summed E-state index contributed by atoms with van der Waals surface area (Å²) in [5.74, 6) is -0.196. The number of urea groups is 1. The number of fused-ring (bicyclic) bond motifs is 1. The van der Waals surface area contributed by atoms with Crippen molar-refractivity contribution in [2.24, 2.45) is 0 Å². The van der Waals surface area contributed by atoms with Crippen molar-refractivity contribution in [1.29, 1.82) is 0 Å². The molecule has 0 spiro atoms. The van der Waals surface area contributed by atoms with E-state index < -0.39 is 0 Å². The minimum Gasteiger partial charge on any atom is -0.307 e. The highest BCUT2D eigenvalue weighted by Gasteiger charge is 2.20. The molecule has 0 unspecified atom stereocenters. The molecule has 4 rings (SSSR count). The summed E-state index contributed by atoms with van der Waals surface area (Å²) in [5.41, 5.74) is 2.08. The van der Waals surface area contributed by atoms with Crippen LogP contribution in [0, 0.1) is 0 Å². The second-order valence-corrected chi connectivity index (χ2v) is 7.31. The third-order valence-corrected chi connectivity index (χ3v) is 5.17. The van der Waals surface area contributed by atoms with Gasteiger partial charge in [-0.1, -0.05) is 78.3 Å². The van der Waals surface area contributed by atoms with Crippen LogP contribution in [0.15, 0.2) is 91.0 Å². The molecule has 5 heteroatoms. The van der Waals surface area contributed by atoms with E-state index >= 15 is 0 Å². The molecular weight excluding hydrogens is 396 g/mol. The summed E-state index contributed by atoms with van der Waals surface area (Å²) >= 11 is 6.16. The van der Waals surface area contributed by atoms with E-state index in [0.29, 0.717) is 27.5 Å². The smallest absolute Gasteiger partial charge is 0.307 e. The number of hydrogen-bond donors (Lipinski definition) is 1. The normalized spacial score (nSPS) is 10.6. The van der Waals surface area contributed by atoms with E-state index in [9.17, 15) is 9.59 Å². The fraction of sp³-hybridized carbons (Fsp3) is 0.0400. The van der Waals surface area contributed by atoms with Crippen molar-refractivity contribution in [2.45, 2.75) is 0 Å². The molecule has 0 aliphatic heterocycles. The molecule has 4 aromatic carbocycles. The van der Waals surface area contributed by atoms with Crippen molar-refractivity contribution in [3.8, 4) is 0 Å². The largest absolute Gasteiger partial charge is 0.326 e. The monoisotopic (exact) mass is 414 g/mol. The Labute approximate surface area is 179 Å². The van der Waals surface area contributed by atoms with Gasteiger partial charge in [0.15, 0.2) is 5.78 Å². The molecule has 1 N–H and O–H groups in total. The maximum atomic E-state index is 13.1. The zero-order chi connectivity index (χ0) is 21.1. The number of carbonyl (C=O) groups is 2. The molecule has 0 saturated carbocycles. The van der Waals surface area contributed by atoms with Crippen LogP contribution in [-0.2, 0) is 0 Å². The summed E-state index contributed by atoms with van der Waals surface area (Å²) in [6, 6.07) is 27.1. The molecule has 4 nitrogen and oxygen atoms in total. The minimum absolute atomic E-state index is 0.196. The molecule has 30 heavy (non-hydrogen) atoms. The highest BCUT2D eigenvalue weighted by molar-refractivity contribution is 6.31. The van der Waals surface area contributed by atoms with Gasteiger partial charge < -0.3 is 5.32 Å². The molecule has 0 aliphatic rings. The van der Waals surface area contributed by atoms with Gasteiger partial charge in [-0.15, -0.1) is 0 Å². The van der Waals surface area contributed by atoms with Crippen molar-refractivity contribution in [1.82, 2.24) is 0 Å². The number of nitrogens with one attached hydrogen (secondary N) is 1. The van der Waals surface area contributed by atoms with E-state index in [0.717, 1.165) is 10.8 Å². The lowest BCUT2D eigenvalue weighted by Crippen LogP contribution is -2.32. The summed E-state index contributed by atoms with van der Waals surface area (Å²) in [7, 11) is 1.63. The van der Waals surface area contributed by atoms with Crippen LogP contribution in [0.4, 0.5) is 16.2 Å². The van der Waals surface area contributed by atoms with Crippen molar-refractivity contribution in [3.05, 3.63) is 107 Å². The van der Waals surface area contributed by atoms with Gasteiger partial charge in [0.25, 0.3) is 0 Å². The van der Waals surface area contributed by atoms with Gasteiger partial charge in [0.1, 0.15) is 0 Å². The maximum absolute atomic E-state index is 13.1. The lowest BCUT2D eigenvalue weighted by Gasteiger charge is -2.21. The maximum Gasteiger partial charge on any atom is 0.326 e. The highest BCUT2D eigenvalue weighted by atomic mass is 35.5. The number of carbonyl (C=O) groups excluding carboxylic acids is 2. The fourth-order valence-electron chi connectivity index (χ4n) is 3.37. The number of benzene rings is 4. The number of hydrogen-bond acceptors (Lipinski definition) is 2. The Morgan fingerprint density at radius 1 is 0.833 bits per heavy atom. The summed E-state index contributed by atoms with van der Waals surface area (Å²) in [6.45, 7) is 0. The van der Waals surface area contributed by atoms with Crippen molar-refractivity contribution in [2.75, 3.05) is 17.3 Å². The van der Waals surface area contributed by atoms with E-state index in [1.807, 2.05) is 48.5 Å².